The largest absolute Gasteiger partial charge is 0.389 e. The normalized spacial score (nSPS) is 26.9. The maximum atomic E-state index is 9.83. The zero-order valence-corrected chi connectivity index (χ0v) is 10.8. The molecule has 1 aromatic rings. The molecule has 94 valence electrons. The van der Waals surface area contributed by atoms with Gasteiger partial charge in [-0.2, -0.15) is 0 Å². The van der Waals surface area contributed by atoms with Crippen LogP contribution in [0, 0.1) is 0 Å². The van der Waals surface area contributed by atoms with Gasteiger partial charge < -0.3 is 14.7 Å². The van der Waals surface area contributed by atoms with E-state index >= 15 is 0 Å². The van der Waals surface area contributed by atoms with Gasteiger partial charge in [-0.15, -0.1) is 0 Å². The highest BCUT2D eigenvalue weighted by atomic mass is 16.5. The van der Waals surface area contributed by atoms with Crippen LogP contribution in [0.1, 0.15) is 32.4 Å². The lowest BCUT2D eigenvalue weighted by molar-refractivity contribution is 0.0341. The summed E-state index contributed by atoms with van der Waals surface area (Å²) in [6.45, 7) is 7.68. The molecule has 1 heterocycles. The lowest BCUT2D eigenvalue weighted by atomic mass is 10.0. The van der Waals surface area contributed by atoms with Crippen LogP contribution in [0.2, 0.25) is 0 Å². The van der Waals surface area contributed by atoms with Crippen LogP contribution in [0.15, 0.2) is 24.3 Å². The molecular formula is C14H21NO2. The summed E-state index contributed by atoms with van der Waals surface area (Å²) in [7, 11) is 0. The van der Waals surface area contributed by atoms with Crippen molar-refractivity contribution in [1.29, 1.82) is 0 Å². The lowest BCUT2D eigenvalue weighted by Crippen LogP contribution is -2.47. The van der Waals surface area contributed by atoms with Crippen molar-refractivity contribution in [3.8, 4) is 0 Å². The second-order valence-corrected chi connectivity index (χ2v) is 4.88. The van der Waals surface area contributed by atoms with E-state index in [2.05, 4.69) is 24.8 Å². The first-order valence-electron chi connectivity index (χ1n) is 6.25. The molecule has 1 saturated heterocycles. The van der Waals surface area contributed by atoms with Crippen LogP contribution in [0.4, 0.5) is 5.69 Å². The molecule has 17 heavy (non-hydrogen) atoms. The highest BCUT2D eigenvalue weighted by molar-refractivity contribution is 5.55. The Labute approximate surface area is 103 Å². The molecular weight excluding hydrogens is 214 g/mol. The molecule has 0 bridgehead atoms. The van der Waals surface area contributed by atoms with Crippen molar-refractivity contribution in [2.75, 3.05) is 18.1 Å². The van der Waals surface area contributed by atoms with Gasteiger partial charge in [-0.05, 0) is 26.8 Å². The number of ether oxygens (including phenoxy) is 1. The number of para-hydroxylation sites is 1. The van der Waals surface area contributed by atoms with Gasteiger partial charge in [0.25, 0.3) is 0 Å². The highest BCUT2D eigenvalue weighted by Crippen LogP contribution is 2.29. The molecule has 2 rings (SSSR count). The fourth-order valence-corrected chi connectivity index (χ4v) is 2.34. The van der Waals surface area contributed by atoms with E-state index in [1.807, 2.05) is 25.1 Å². The molecule has 0 radical (unpaired) electrons. The van der Waals surface area contributed by atoms with Gasteiger partial charge in [-0.25, -0.2) is 0 Å². The van der Waals surface area contributed by atoms with E-state index in [-0.39, 0.29) is 6.10 Å². The second kappa shape index (κ2) is 5.07. The average molecular weight is 235 g/mol. The Kier molecular flexibility index (Phi) is 3.69. The molecule has 0 amide bonds. The first-order valence-corrected chi connectivity index (χ1v) is 6.25. The van der Waals surface area contributed by atoms with Crippen LogP contribution in [0.5, 0.6) is 0 Å². The standard InChI is InChI=1S/C14H21NO2/c1-10-9-17-11(2)8-15(10)14-7-5-4-6-13(14)12(3)16/h4-7,10-12,16H,8-9H2,1-3H3/t10?,11?,12-/m0/s1. The van der Waals surface area contributed by atoms with Crippen molar-refractivity contribution in [2.45, 2.75) is 39.0 Å². The van der Waals surface area contributed by atoms with Crippen LogP contribution in [-0.4, -0.2) is 30.4 Å². The predicted octanol–water partition coefficient (Wildman–Crippen LogP) is 2.35. The smallest absolute Gasteiger partial charge is 0.0781 e. The average Bonchev–Trinajstić information content (AvgIpc) is 2.32. The minimum Gasteiger partial charge on any atom is -0.389 e. The Hall–Kier alpha value is -1.06. The summed E-state index contributed by atoms with van der Waals surface area (Å²) in [6, 6.07) is 8.42. The molecule has 1 N–H and O–H groups in total. The first kappa shape index (κ1) is 12.4. The monoisotopic (exact) mass is 235 g/mol. The summed E-state index contributed by atoms with van der Waals surface area (Å²) in [5, 5.41) is 9.83. The predicted molar refractivity (Wildman–Crippen MR) is 69.3 cm³/mol. The number of anilines is 1. The topological polar surface area (TPSA) is 32.7 Å². The van der Waals surface area contributed by atoms with Crippen LogP contribution in [0.3, 0.4) is 0 Å². The van der Waals surface area contributed by atoms with Crippen molar-refractivity contribution < 1.29 is 9.84 Å². The van der Waals surface area contributed by atoms with Gasteiger partial charge in [0.1, 0.15) is 0 Å². The molecule has 3 nitrogen and oxygen atoms in total. The summed E-state index contributed by atoms with van der Waals surface area (Å²) in [5.74, 6) is 0. The van der Waals surface area contributed by atoms with Crippen LogP contribution >= 0.6 is 0 Å². The Morgan fingerprint density at radius 2 is 2.06 bits per heavy atom. The summed E-state index contributed by atoms with van der Waals surface area (Å²) in [6.07, 6.45) is -0.190. The van der Waals surface area contributed by atoms with Crippen LogP contribution in [-0.2, 0) is 4.74 Å². The number of hydrogen-bond donors (Lipinski definition) is 1. The van der Waals surface area contributed by atoms with Gasteiger partial charge in [0, 0.05) is 23.8 Å². The third kappa shape index (κ3) is 2.61. The number of morpholine rings is 1. The van der Waals surface area contributed by atoms with Crippen LogP contribution < -0.4 is 4.90 Å². The Morgan fingerprint density at radius 1 is 1.35 bits per heavy atom. The molecule has 1 aromatic carbocycles. The minimum absolute atomic E-state index is 0.244. The molecule has 1 fully saturated rings. The van der Waals surface area contributed by atoms with E-state index in [0.29, 0.717) is 6.04 Å². The van der Waals surface area contributed by atoms with Gasteiger partial charge in [0.2, 0.25) is 0 Å². The SMILES string of the molecule is CC1CN(c2ccccc2[C@H](C)O)C(C)CO1. The zero-order chi connectivity index (χ0) is 12.4. The molecule has 1 aliphatic heterocycles. The molecule has 1 aliphatic rings. The van der Waals surface area contributed by atoms with Gasteiger partial charge in [-0.1, -0.05) is 18.2 Å². The second-order valence-electron chi connectivity index (χ2n) is 4.88. The molecule has 0 aliphatic carbocycles. The molecule has 3 heteroatoms. The number of nitrogens with zero attached hydrogens (tertiary/aromatic N) is 1. The van der Waals surface area contributed by atoms with Crippen molar-refractivity contribution in [3.63, 3.8) is 0 Å². The van der Waals surface area contributed by atoms with Gasteiger partial charge in [0.15, 0.2) is 0 Å². The van der Waals surface area contributed by atoms with E-state index in [4.69, 9.17) is 4.74 Å². The Morgan fingerprint density at radius 3 is 2.76 bits per heavy atom. The van der Waals surface area contributed by atoms with Gasteiger partial charge >= 0.3 is 0 Å². The number of hydrogen-bond acceptors (Lipinski definition) is 3. The Bertz CT molecular complexity index is 378. The Balaban J connectivity index is 2.31. The summed E-state index contributed by atoms with van der Waals surface area (Å²) in [5.41, 5.74) is 2.12. The zero-order valence-electron chi connectivity index (χ0n) is 10.8. The number of rotatable bonds is 2. The van der Waals surface area contributed by atoms with E-state index in [1.165, 1.54) is 0 Å². The molecule has 0 aromatic heterocycles. The van der Waals surface area contributed by atoms with Crippen molar-refractivity contribution >= 4 is 5.69 Å². The van der Waals surface area contributed by atoms with Gasteiger partial charge in [0.05, 0.1) is 18.8 Å². The van der Waals surface area contributed by atoms with E-state index < -0.39 is 6.10 Å². The maximum Gasteiger partial charge on any atom is 0.0781 e. The minimum atomic E-state index is -0.434. The quantitative estimate of drug-likeness (QED) is 0.854. The maximum absolute atomic E-state index is 9.83. The van der Waals surface area contributed by atoms with E-state index in [9.17, 15) is 5.11 Å². The third-order valence-corrected chi connectivity index (χ3v) is 3.30. The van der Waals surface area contributed by atoms with Crippen molar-refractivity contribution in [2.24, 2.45) is 0 Å². The van der Waals surface area contributed by atoms with Crippen molar-refractivity contribution in [1.82, 2.24) is 0 Å². The van der Waals surface area contributed by atoms with E-state index in [1.54, 1.807) is 0 Å². The molecule has 0 saturated carbocycles. The molecule has 3 atom stereocenters. The summed E-state index contributed by atoms with van der Waals surface area (Å²) < 4.78 is 5.64. The van der Waals surface area contributed by atoms with Gasteiger partial charge in [-0.3, -0.25) is 0 Å². The third-order valence-electron chi connectivity index (χ3n) is 3.30. The lowest BCUT2D eigenvalue weighted by Gasteiger charge is -2.39. The first-order chi connectivity index (χ1) is 8.09. The van der Waals surface area contributed by atoms with Crippen molar-refractivity contribution in [3.05, 3.63) is 29.8 Å². The molecule has 2 unspecified atom stereocenters. The van der Waals surface area contributed by atoms with E-state index in [0.717, 1.165) is 24.4 Å². The fourth-order valence-electron chi connectivity index (χ4n) is 2.34. The number of aliphatic hydroxyl groups excluding tert-OH is 1. The summed E-state index contributed by atoms with van der Waals surface area (Å²) in [4.78, 5) is 2.33. The number of aliphatic hydroxyl groups is 1. The summed E-state index contributed by atoms with van der Waals surface area (Å²) >= 11 is 0. The number of benzene rings is 1. The van der Waals surface area contributed by atoms with Crippen LogP contribution in [0.25, 0.3) is 0 Å². The fraction of sp³-hybridized carbons (Fsp3) is 0.571. The highest BCUT2D eigenvalue weighted by Gasteiger charge is 2.25. The molecule has 0 spiro atoms.